The van der Waals surface area contributed by atoms with E-state index in [4.69, 9.17) is 26.6 Å². The number of pyridine rings is 1. The zero-order valence-corrected chi connectivity index (χ0v) is 16.6. The van der Waals surface area contributed by atoms with E-state index in [1.165, 1.54) is 30.3 Å². The van der Waals surface area contributed by atoms with Gasteiger partial charge < -0.3 is 15.9 Å². The summed E-state index contributed by atoms with van der Waals surface area (Å²) >= 11 is 0. The van der Waals surface area contributed by atoms with Crippen molar-refractivity contribution in [3.05, 3.63) is 70.2 Å². The number of aryl methyl sites for hydroxylation is 4. The van der Waals surface area contributed by atoms with Gasteiger partial charge in [-0.1, -0.05) is 0 Å². The molecule has 148 valence electrons. The largest absolute Gasteiger partial charge is 0.439 e. The van der Waals surface area contributed by atoms with E-state index in [0.717, 1.165) is 24.1 Å². The highest BCUT2D eigenvalue weighted by Gasteiger charge is 2.13. The lowest BCUT2D eigenvalue weighted by Crippen LogP contribution is -2.07. The maximum atomic E-state index is 8.83. The van der Waals surface area contributed by atoms with Gasteiger partial charge in [0.2, 0.25) is 0 Å². The average molecular weight is 388 g/mol. The normalized spacial score (nSPS) is 12.3. The standard InChI is InChI=1S/C11H12N4O.C11H12N2/c1-6-15-5-10(16-6)11(14)8-4-7(12)2-3-9(8)13;1-8-10(7-12)6-9-4-2-3-5-11(9)13-8/h2-5,14H,12-13H2,1H3;6H,2-5H2,1H3. The molecule has 7 nitrogen and oxygen atoms in total. The smallest absolute Gasteiger partial charge is 0.191 e. The number of nitrogens with one attached hydrogen (secondary N) is 1. The maximum Gasteiger partial charge on any atom is 0.191 e. The Morgan fingerprint density at radius 1 is 1.17 bits per heavy atom. The average Bonchev–Trinajstić information content (AvgIpc) is 3.15. The number of nitrogen functional groups attached to an aromatic ring is 2. The van der Waals surface area contributed by atoms with E-state index in [1.807, 2.05) is 13.0 Å². The van der Waals surface area contributed by atoms with Crippen molar-refractivity contribution in [2.24, 2.45) is 0 Å². The highest BCUT2D eigenvalue weighted by molar-refractivity contribution is 6.12. The highest BCUT2D eigenvalue weighted by Crippen LogP contribution is 2.22. The number of aromatic nitrogens is 2. The molecule has 3 aromatic rings. The molecular formula is C22H24N6O. The number of rotatable bonds is 2. The predicted molar refractivity (Wildman–Crippen MR) is 113 cm³/mol. The number of benzene rings is 1. The monoisotopic (exact) mass is 388 g/mol. The molecule has 0 spiro atoms. The third-order valence-corrected chi connectivity index (χ3v) is 4.83. The van der Waals surface area contributed by atoms with Crippen LogP contribution in [0.25, 0.3) is 0 Å². The summed E-state index contributed by atoms with van der Waals surface area (Å²) in [4.78, 5) is 8.40. The molecule has 1 aliphatic carbocycles. The fraction of sp³-hybridized carbons (Fsp3) is 0.273. The molecule has 0 saturated carbocycles. The first-order chi connectivity index (χ1) is 13.9. The van der Waals surface area contributed by atoms with Gasteiger partial charge in [-0.05, 0) is 62.4 Å². The summed E-state index contributed by atoms with van der Waals surface area (Å²) in [7, 11) is 0. The summed E-state index contributed by atoms with van der Waals surface area (Å²) in [6.07, 6.45) is 6.16. The quantitative estimate of drug-likeness (QED) is 0.452. The molecule has 0 radical (unpaired) electrons. The summed E-state index contributed by atoms with van der Waals surface area (Å²) in [5, 5.41) is 16.8. The van der Waals surface area contributed by atoms with Crippen LogP contribution < -0.4 is 11.5 Å². The molecule has 29 heavy (non-hydrogen) atoms. The van der Waals surface area contributed by atoms with Gasteiger partial charge in [0.05, 0.1) is 17.5 Å². The lowest BCUT2D eigenvalue weighted by atomic mass is 9.94. The van der Waals surface area contributed by atoms with Crippen LogP contribution in [0.3, 0.4) is 0 Å². The molecule has 2 aromatic heterocycles. The highest BCUT2D eigenvalue weighted by atomic mass is 16.4. The Kier molecular flexibility index (Phi) is 5.93. The van der Waals surface area contributed by atoms with Crippen LogP contribution in [0.2, 0.25) is 0 Å². The van der Waals surface area contributed by atoms with Crippen LogP contribution in [0.4, 0.5) is 11.4 Å². The summed E-state index contributed by atoms with van der Waals surface area (Å²) in [5.74, 6) is 0.900. The third-order valence-electron chi connectivity index (χ3n) is 4.83. The molecule has 7 heteroatoms. The minimum absolute atomic E-state index is 0.186. The first-order valence-corrected chi connectivity index (χ1v) is 9.45. The minimum atomic E-state index is 0.186. The molecular weight excluding hydrogens is 364 g/mol. The van der Waals surface area contributed by atoms with E-state index < -0.39 is 0 Å². The van der Waals surface area contributed by atoms with Gasteiger partial charge in [-0.2, -0.15) is 5.26 Å². The van der Waals surface area contributed by atoms with Crippen LogP contribution in [0.15, 0.2) is 34.9 Å². The van der Waals surface area contributed by atoms with E-state index in [2.05, 4.69) is 16.0 Å². The number of fused-ring (bicyclic) bond motifs is 1. The Morgan fingerprint density at radius 3 is 2.62 bits per heavy atom. The molecule has 1 aliphatic rings. The number of oxazole rings is 1. The molecule has 0 amide bonds. The van der Waals surface area contributed by atoms with Gasteiger partial charge in [0, 0.05) is 29.6 Å². The van der Waals surface area contributed by atoms with Crippen LogP contribution in [-0.4, -0.2) is 15.7 Å². The first-order valence-electron chi connectivity index (χ1n) is 9.45. The molecule has 0 aliphatic heterocycles. The Morgan fingerprint density at radius 2 is 1.93 bits per heavy atom. The Labute approximate surface area is 169 Å². The van der Waals surface area contributed by atoms with E-state index in [-0.39, 0.29) is 5.71 Å². The number of hydrogen-bond donors (Lipinski definition) is 3. The zero-order valence-electron chi connectivity index (χ0n) is 16.6. The fourth-order valence-corrected chi connectivity index (χ4v) is 3.25. The van der Waals surface area contributed by atoms with Crippen molar-refractivity contribution in [1.29, 1.82) is 10.7 Å². The predicted octanol–water partition coefficient (Wildman–Crippen LogP) is 3.70. The second-order valence-electron chi connectivity index (χ2n) is 7.01. The second kappa shape index (κ2) is 8.57. The lowest BCUT2D eigenvalue weighted by Gasteiger charge is -2.15. The van der Waals surface area contributed by atoms with Crippen molar-refractivity contribution < 1.29 is 4.42 Å². The summed E-state index contributed by atoms with van der Waals surface area (Å²) in [6, 6.07) is 9.20. The summed E-state index contributed by atoms with van der Waals surface area (Å²) in [5.41, 5.74) is 17.3. The fourth-order valence-electron chi connectivity index (χ4n) is 3.25. The Hall–Kier alpha value is -3.66. The molecule has 0 bridgehead atoms. The minimum Gasteiger partial charge on any atom is -0.439 e. The van der Waals surface area contributed by atoms with Gasteiger partial charge in [0.15, 0.2) is 11.7 Å². The molecule has 0 unspecified atom stereocenters. The Balaban J connectivity index is 0.000000169. The zero-order chi connectivity index (χ0) is 21.0. The van der Waals surface area contributed by atoms with Gasteiger partial charge in [-0.15, -0.1) is 0 Å². The molecule has 0 atom stereocenters. The van der Waals surface area contributed by atoms with Gasteiger partial charge >= 0.3 is 0 Å². The van der Waals surface area contributed by atoms with E-state index in [0.29, 0.717) is 28.6 Å². The van der Waals surface area contributed by atoms with E-state index in [1.54, 1.807) is 25.1 Å². The first kappa shape index (κ1) is 20.1. The van der Waals surface area contributed by atoms with Crippen molar-refractivity contribution >= 4 is 17.1 Å². The molecule has 0 saturated heterocycles. The van der Waals surface area contributed by atoms with Crippen LogP contribution in [-0.2, 0) is 12.8 Å². The lowest BCUT2D eigenvalue weighted by molar-refractivity contribution is 0.513. The SMILES string of the molecule is Cc1nc2c(cc1C#N)CCCC2.Cc1ncc(C(=N)c2cc(N)ccc2N)o1. The number of hydrogen-bond acceptors (Lipinski definition) is 7. The van der Waals surface area contributed by atoms with Crippen molar-refractivity contribution in [2.45, 2.75) is 39.5 Å². The number of nitrogens with two attached hydrogens (primary N) is 2. The van der Waals surface area contributed by atoms with Crippen LogP contribution in [0.1, 0.15) is 52.6 Å². The van der Waals surface area contributed by atoms with Gasteiger partial charge in [0.1, 0.15) is 11.8 Å². The maximum absolute atomic E-state index is 8.83. The van der Waals surface area contributed by atoms with Crippen LogP contribution in [0.5, 0.6) is 0 Å². The third kappa shape index (κ3) is 4.61. The molecule has 5 N–H and O–H groups in total. The van der Waals surface area contributed by atoms with Gasteiger partial charge in [-0.25, -0.2) is 4.98 Å². The number of anilines is 2. The summed E-state index contributed by atoms with van der Waals surface area (Å²) in [6.45, 7) is 3.63. The van der Waals surface area contributed by atoms with Crippen LogP contribution in [0, 0.1) is 30.6 Å². The van der Waals surface area contributed by atoms with Gasteiger partial charge in [0.25, 0.3) is 0 Å². The number of nitrogens with zero attached hydrogens (tertiary/aromatic N) is 3. The second-order valence-corrected chi connectivity index (χ2v) is 7.01. The Bertz CT molecular complexity index is 1090. The van der Waals surface area contributed by atoms with Crippen molar-refractivity contribution in [2.75, 3.05) is 11.5 Å². The molecule has 0 fully saturated rings. The van der Waals surface area contributed by atoms with Crippen molar-refractivity contribution in [3.8, 4) is 6.07 Å². The number of nitriles is 1. The topological polar surface area (TPSA) is 139 Å². The van der Waals surface area contributed by atoms with E-state index in [9.17, 15) is 0 Å². The van der Waals surface area contributed by atoms with Crippen molar-refractivity contribution in [3.63, 3.8) is 0 Å². The van der Waals surface area contributed by atoms with Crippen LogP contribution >= 0.6 is 0 Å². The van der Waals surface area contributed by atoms with E-state index >= 15 is 0 Å². The van der Waals surface area contributed by atoms with Crippen molar-refractivity contribution in [1.82, 2.24) is 9.97 Å². The summed E-state index contributed by atoms with van der Waals surface area (Å²) < 4.78 is 5.26. The molecule has 1 aromatic carbocycles. The molecule has 2 heterocycles. The molecule has 4 rings (SSSR count). The van der Waals surface area contributed by atoms with Gasteiger partial charge in [-0.3, -0.25) is 10.4 Å².